The Labute approximate surface area is 103 Å². The van der Waals surface area contributed by atoms with Crippen LogP contribution in [0.1, 0.15) is 5.69 Å². The molecule has 0 saturated carbocycles. The molecule has 0 aliphatic carbocycles. The van der Waals surface area contributed by atoms with Gasteiger partial charge in [-0.3, -0.25) is 10.1 Å². The van der Waals surface area contributed by atoms with E-state index in [4.69, 9.17) is 4.52 Å². The van der Waals surface area contributed by atoms with E-state index >= 15 is 0 Å². The van der Waals surface area contributed by atoms with Gasteiger partial charge in [0.1, 0.15) is 5.82 Å². The Kier molecular flexibility index (Phi) is 3.57. The third-order valence-electron chi connectivity index (χ3n) is 2.20. The molecule has 0 fully saturated rings. The lowest BCUT2D eigenvalue weighted by Gasteiger charge is -2.06. The molecule has 94 valence electrons. The van der Waals surface area contributed by atoms with E-state index in [0.29, 0.717) is 5.69 Å². The summed E-state index contributed by atoms with van der Waals surface area (Å²) in [6.45, 7) is 1.69. The SMILES string of the molecule is Cc1cc(NC(=O)CNc2ccccc2F)on1. The second-order valence-corrected chi connectivity index (χ2v) is 3.71. The van der Waals surface area contributed by atoms with Crippen LogP contribution < -0.4 is 10.6 Å². The van der Waals surface area contributed by atoms with Crippen molar-refractivity contribution >= 4 is 17.5 Å². The molecule has 0 atom stereocenters. The zero-order valence-corrected chi connectivity index (χ0v) is 9.74. The van der Waals surface area contributed by atoms with E-state index in [1.807, 2.05) is 0 Å². The number of anilines is 2. The van der Waals surface area contributed by atoms with E-state index in [1.165, 1.54) is 6.07 Å². The molecule has 0 radical (unpaired) electrons. The number of hydrogen-bond acceptors (Lipinski definition) is 4. The van der Waals surface area contributed by atoms with Gasteiger partial charge in [0.15, 0.2) is 0 Å². The highest BCUT2D eigenvalue weighted by Gasteiger charge is 2.07. The first-order valence-electron chi connectivity index (χ1n) is 5.37. The minimum atomic E-state index is -0.402. The van der Waals surface area contributed by atoms with Crippen molar-refractivity contribution < 1.29 is 13.7 Å². The average molecular weight is 249 g/mol. The van der Waals surface area contributed by atoms with Crippen LogP contribution in [0.25, 0.3) is 0 Å². The molecule has 0 aliphatic heterocycles. The summed E-state index contributed by atoms with van der Waals surface area (Å²) in [5.41, 5.74) is 0.953. The van der Waals surface area contributed by atoms with Crippen LogP contribution in [0.3, 0.4) is 0 Å². The molecule has 2 aromatic rings. The van der Waals surface area contributed by atoms with Crippen molar-refractivity contribution in [3.05, 3.63) is 41.8 Å². The summed E-state index contributed by atoms with van der Waals surface area (Å²) in [5.74, 6) is -0.469. The maximum absolute atomic E-state index is 13.2. The monoisotopic (exact) mass is 249 g/mol. The van der Waals surface area contributed by atoms with Crippen molar-refractivity contribution in [2.24, 2.45) is 0 Å². The number of hydrogen-bond donors (Lipinski definition) is 2. The van der Waals surface area contributed by atoms with E-state index in [-0.39, 0.29) is 24.0 Å². The number of carbonyl (C=O) groups is 1. The molecule has 1 heterocycles. The Balaban J connectivity index is 1.87. The van der Waals surface area contributed by atoms with Gasteiger partial charge in [-0.05, 0) is 19.1 Å². The van der Waals surface area contributed by atoms with Gasteiger partial charge < -0.3 is 9.84 Å². The van der Waals surface area contributed by atoms with Gasteiger partial charge in [0.2, 0.25) is 11.8 Å². The largest absolute Gasteiger partial charge is 0.374 e. The van der Waals surface area contributed by atoms with Crippen molar-refractivity contribution in [2.75, 3.05) is 17.2 Å². The highest BCUT2D eigenvalue weighted by molar-refractivity contribution is 5.92. The number of para-hydroxylation sites is 1. The second-order valence-electron chi connectivity index (χ2n) is 3.71. The number of amides is 1. The molecule has 2 N–H and O–H groups in total. The molecular formula is C12H12FN3O2. The molecule has 5 nitrogen and oxygen atoms in total. The first-order valence-corrected chi connectivity index (χ1v) is 5.37. The number of carbonyl (C=O) groups excluding carboxylic acids is 1. The van der Waals surface area contributed by atoms with Gasteiger partial charge in [-0.15, -0.1) is 0 Å². The Morgan fingerprint density at radius 1 is 1.44 bits per heavy atom. The quantitative estimate of drug-likeness (QED) is 0.871. The summed E-state index contributed by atoms with van der Waals surface area (Å²) < 4.78 is 18.1. The molecule has 6 heteroatoms. The van der Waals surface area contributed by atoms with Gasteiger partial charge in [-0.2, -0.15) is 0 Å². The van der Waals surface area contributed by atoms with Crippen molar-refractivity contribution in [3.8, 4) is 0 Å². The number of benzene rings is 1. The predicted molar refractivity (Wildman–Crippen MR) is 64.8 cm³/mol. The first kappa shape index (κ1) is 12.1. The van der Waals surface area contributed by atoms with Crippen LogP contribution >= 0.6 is 0 Å². The molecular weight excluding hydrogens is 237 g/mol. The smallest absolute Gasteiger partial charge is 0.246 e. The third kappa shape index (κ3) is 3.07. The lowest BCUT2D eigenvalue weighted by atomic mass is 10.3. The van der Waals surface area contributed by atoms with Gasteiger partial charge in [-0.1, -0.05) is 17.3 Å². The van der Waals surface area contributed by atoms with Crippen LogP contribution in [0.4, 0.5) is 16.0 Å². The molecule has 1 amide bonds. The van der Waals surface area contributed by atoms with E-state index in [9.17, 15) is 9.18 Å². The Bertz CT molecular complexity index is 554. The standard InChI is InChI=1S/C12H12FN3O2/c1-8-6-12(18-16-8)15-11(17)7-14-10-5-3-2-4-9(10)13/h2-6,14H,7H2,1H3,(H,15,17). The van der Waals surface area contributed by atoms with Crippen molar-refractivity contribution in [1.82, 2.24) is 5.16 Å². The van der Waals surface area contributed by atoms with Gasteiger partial charge in [0.05, 0.1) is 17.9 Å². The van der Waals surface area contributed by atoms with Crippen LogP contribution in [0, 0.1) is 12.7 Å². The molecule has 18 heavy (non-hydrogen) atoms. The van der Waals surface area contributed by atoms with Gasteiger partial charge in [0.25, 0.3) is 0 Å². The Morgan fingerprint density at radius 2 is 2.22 bits per heavy atom. The molecule has 0 aliphatic rings. The van der Waals surface area contributed by atoms with Gasteiger partial charge >= 0.3 is 0 Å². The summed E-state index contributed by atoms with van der Waals surface area (Å²) in [4.78, 5) is 11.5. The fourth-order valence-electron chi connectivity index (χ4n) is 1.38. The lowest BCUT2D eigenvalue weighted by molar-refractivity contribution is -0.114. The molecule has 0 bridgehead atoms. The van der Waals surface area contributed by atoms with E-state index < -0.39 is 5.82 Å². The molecule has 0 saturated heterocycles. The fourth-order valence-corrected chi connectivity index (χ4v) is 1.38. The molecule has 0 unspecified atom stereocenters. The zero-order chi connectivity index (χ0) is 13.0. The second kappa shape index (κ2) is 5.31. The topological polar surface area (TPSA) is 67.2 Å². The number of rotatable bonds is 4. The van der Waals surface area contributed by atoms with E-state index in [1.54, 1.807) is 31.2 Å². The Hall–Kier alpha value is -2.37. The van der Waals surface area contributed by atoms with Crippen LogP contribution in [0.5, 0.6) is 0 Å². The minimum Gasteiger partial charge on any atom is -0.374 e. The van der Waals surface area contributed by atoms with Crippen molar-refractivity contribution in [2.45, 2.75) is 6.92 Å². The molecule has 1 aromatic carbocycles. The van der Waals surface area contributed by atoms with Crippen LogP contribution in [0.15, 0.2) is 34.9 Å². The fraction of sp³-hybridized carbons (Fsp3) is 0.167. The molecule has 2 rings (SSSR count). The normalized spacial score (nSPS) is 10.1. The molecule has 0 spiro atoms. The maximum atomic E-state index is 13.2. The minimum absolute atomic E-state index is 0.0549. The van der Waals surface area contributed by atoms with Crippen LogP contribution in [-0.4, -0.2) is 17.6 Å². The highest BCUT2D eigenvalue weighted by atomic mass is 19.1. The summed E-state index contributed by atoms with van der Waals surface area (Å²) in [7, 11) is 0. The maximum Gasteiger partial charge on any atom is 0.246 e. The number of nitrogens with one attached hydrogen (secondary N) is 2. The number of halogens is 1. The third-order valence-corrected chi connectivity index (χ3v) is 2.20. The summed E-state index contributed by atoms with van der Waals surface area (Å²) in [5, 5.41) is 8.82. The number of aromatic nitrogens is 1. The number of aryl methyl sites for hydroxylation is 1. The number of nitrogens with zero attached hydrogens (tertiary/aromatic N) is 1. The van der Waals surface area contributed by atoms with Gasteiger partial charge in [0, 0.05) is 6.07 Å². The first-order chi connectivity index (χ1) is 8.65. The van der Waals surface area contributed by atoms with Gasteiger partial charge in [-0.25, -0.2) is 4.39 Å². The van der Waals surface area contributed by atoms with E-state index in [0.717, 1.165) is 0 Å². The van der Waals surface area contributed by atoms with Crippen molar-refractivity contribution in [1.29, 1.82) is 0 Å². The van der Waals surface area contributed by atoms with Crippen LogP contribution in [-0.2, 0) is 4.79 Å². The van der Waals surface area contributed by atoms with Crippen LogP contribution in [0.2, 0.25) is 0 Å². The average Bonchev–Trinajstić information content (AvgIpc) is 2.74. The lowest BCUT2D eigenvalue weighted by Crippen LogP contribution is -2.21. The Morgan fingerprint density at radius 3 is 2.89 bits per heavy atom. The summed E-state index contributed by atoms with van der Waals surface area (Å²) in [6.07, 6.45) is 0. The van der Waals surface area contributed by atoms with E-state index in [2.05, 4.69) is 15.8 Å². The zero-order valence-electron chi connectivity index (χ0n) is 9.74. The molecule has 1 aromatic heterocycles. The highest BCUT2D eigenvalue weighted by Crippen LogP contribution is 2.12. The van der Waals surface area contributed by atoms with Crippen molar-refractivity contribution in [3.63, 3.8) is 0 Å². The summed E-state index contributed by atoms with van der Waals surface area (Å²) in [6, 6.07) is 7.74. The predicted octanol–water partition coefficient (Wildman–Crippen LogP) is 2.17. The summed E-state index contributed by atoms with van der Waals surface area (Å²) >= 11 is 0.